The summed E-state index contributed by atoms with van der Waals surface area (Å²) < 4.78 is 33.2. The number of rotatable bonds is 5. The molecule has 1 aliphatic carbocycles. The normalized spacial score (nSPS) is 20.6. The van der Waals surface area contributed by atoms with Crippen LogP contribution in [0.25, 0.3) is 0 Å². The average molecular weight is 323 g/mol. The standard InChI is InChI=1S/C19H27F2NO/c20-17-13-16(15-7-3-1-4-8-15)19(14-18(17)21)23-12-11-22-9-5-2-6-10-22/h13-15H,1-12H2. The molecule has 1 saturated heterocycles. The summed E-state index contributed by atoms with van der Waals surface area (Å²) in [5.41, 5.74) is 0.863. The Bertz CT molecular complexity index is 508. The molecule has 1 aromatic carbocycles. The smallest absolute Gasteiger partial charge is 0.162 e. The fourth-order valence-corrected chi connectivity index (χ4v) is 3.87. The van der Waals surface area contributed by atoms with E-state index in [2.05, 4.69) is 4.90 Å². The molecule has 128 valence electrons. The monoisotopic (exact) mass is 323 g/mol. The molecule has 0 unspecified atom stereocenters. The summed E-state index contributed by atoms with van der Waals surface area (Å²) in [4.78, 5) is 2.39. The molecule has 1 aliphatic heterocycles. The third-order valence-electron chi connectivity index (χ3n) is 5.21. The van der Waals surface area contributed by atoms with E-state index in [0.29, 0.717) is 18.3 Å². The van der Waals surface area contributed by atoms with E-state index < -0.39 is 11.6 Å². The summed E-state index contributed by atoms with van der Waals surface area (Å²) in [6.45, 7) is 3.65. The first-order valence-corrected chi connectivity index (χ1v) is 9.08. The van der Waals surface area contributed by atoms with Crippen LogP contribution >= 0.6 is 0 Å². The van der Waals surface area contributed by atoms with Gasteiger partial charge in [0.2, 0.25) is 0 Å². The van der Waals surface area contributed by atoms with E-state index in [1.807, 2.05) is 0 Å². The predicted molar refractivity (Wildman–Crippen MR) is 88.0 cm³/mol. The average Bonchev–Trinajstić information content (AvgIpc) is 2.59. The SMILES string of the molecule is Fc1cc(OCCN2CCCCC2)c(C2CCCCC2)cc1F. The zero-order chi connectivity index (χ0) is 16.1. The number of likely N-dealkylation sites (tertiary alicyclic amines) is 1. The second kappa shape index (κ2) is 8.09. The number of hydrogen-bond acceptors (Lipinski definition) is 2. The van der Waals surface area contributed by atoms with Crippen molar-refractivity contribution in [2.24, 2.45) is 0 Å². The minimum Gasteiger partial charge on any atom is -0.492 e. The van der Waals surface area contributed by atoms with Gasteiger partial charge in [-0.05, 0) is 50.8 Å². The quantitative estimate of drug-likeness (QED) is 0.766. The van der Waals surface area contributed by atoms with Gasteiger partial charge in [-0.1, -0.05) is 25.7 Å². The lowest BCUT2D eigenvalue weighted by Gasteiger charge is -2.27. The van der Waals surface area contributed by atoms with Gasteiger partial charge in [0, 0.05) is 18.2 Å². The van der Waals surface area contributed by atoms with E-state index in [9.17, 15) is 8.78 Å². The van der Waals surface area contributed by atoms with Crippen LogP contribution in [0.1, 0.15) is 62.8 Å². The highest BCUT2D eigenvalue weighted by molar-refractivity contribution is 5.38. The van der Waals surface area contributed by atoms with E-state index in [0.717, 1.165) is 50.9 Å². The molecular weight excluding hydrogens is 296 g/mol. The number of hydrogen-bond donors (Lipinski definition) is 0. The van der Waals surface area contributed by atoms with Gasteiger partial charge in [-0.3, -0.25) is 4.90 Å². The molecule has 3 rings (SSSR count). The second-order valence-electron chi connectivity index (χ2n) is 6.89. The Morgan fingerprint density at radius 1 is 0.913 bits per heavy atom. The largest absolute Gasteiger partial charge is 0.492 e. The molecule has 0 N–H and O–H groups in total. The Kier molecular flexibility index (Phi) is 5.87. The number of ether oxygens (including phenoxy) is 1. The van der Waals surface area contributed by atoms with Crippen LogP contribution in [0.4, 0.5) is 8.78 Å². The lowest BCUT2D eigenvalue weighted by atomic mass is 9.83. The number of nitrogens with zero attached hydrogens (tertiary/aromatic N) is 1. The Balaban J connectivity index is 1.65. The van der Waals surface area contributed by atoms with Crippen molar-refractivity contribution >= 4 is 0 Å². The first-order chi connectivity index (χ1) is 11.2. The van der Waals surface area contributed by atoms with Gasteiger partial charge in [0.1, 0.15) is 12.4 Å². The maximum Gasteiger partial charge on any atom is 0.162 e. The van der Waals surface area contributed by atoms with Gasteiger partial charge in [-0.25, -0.2) is 8.78 Å². The third kappa shape index (κ3) is 4.43. The first-order valence-electron chi connectivity index (χ1n) is 9.08. The van der Waals surface area contributed by atoms with Gasteiger partial charge in [0.15, 0.2) is 11.6 Å². The van der Waals surface area contributed by atoms with E-state index in [1.54, 1.807) is 0 Å². The van der Waals surface area contributed by atoms with Crippen LogP contribution in [0.3, 0.4) is 0 Å². The highest BCUT2D eigenvalue weighted by Crippen LogP contribution is 2.38. The molecule has 1 saturated carbocycles. The number of piperidine rings is 1. The molecular formula is C19H27F2NO. The van der Waals surface area contributed by atoms with Crippen molar-refractivity contribution in [3.63, 3.8) is 0 Å². The summed E-state index contributed by atoms with van der Waals surface area (Å²) in [5, 5.41) is 0. The molecule has 1 aromatic rings. The number of benzene rings is 1. The Labute approximate surface area is 137 Å². The first kappa shape index (κ1) is 16.7. The highest BCUT2D eigenvalue weighted by atomic mass is 19.2. The fraction of sp³-hybridized carbons (Fsp3) is 0.684. The second-order valence-corrected chi connectivity index (χ2v) is 6.89. The summed E-state index contributed by atoms with van der Waals surface area (Å²) in [6, 6.07) is 2.61. The third-order valence-corrected chi connectivity index (χ3v) is 5.21. The lowest BCUT2D eigenvalue weighted by molar-refractivity contribution is 0.181. The molecule has 0 radical (unpaired) electrons. The Morgan fingerprint density at radius 3 is 2.30 bits per heavy atom. The lowest BCUT2D eigenvalue weighted by Crippen LogP contribution is -2.33. The van der Waals surface area contributed by atoms with Crippen molar-refractivity contribution in [3.05, 3.63) is 29.3 Å². The topological polar surface area (TPSA) is 12.5 Å². The van der Waals surface area contributed by atoms with Crippen LogP contribution in [-0.4, -0.2) is 31.1 Å². The van der Waals surface area contributed by atoms with Gasteiger partial charge >= 0.3 is 0 Å². The van der Waals surface area contributed by atoms with Gasteiger partial charge in [-0.2, -0.15) is 0 Å². The van der Waals surface area contributed by atoms with Crippen LogP contribution in [0.15, 0.2) is 12.1 Å². The summed E-state index contributed by atoms with van der Waals surface area (Å²) in [7, 11) is 0. The van der Waals surface area contributed by atoms with Crippen molar-refractivity contribution in [1.82, 2.24) is 4.90 Å². The Hall–Kier alpha value is -1.16. The molecule has 4 heteroatoms. The fourth-order valence-electron chi connectivity index (χ4n) is 3.87. The van der Waals surface area contributed by atoms with Crippen molar-refractivity contribution in [3.8, 4) is 5.75 Å². The molecule has 2 aliphatic rings. The van der Waals surface area contributed by atoms with Gasteiger partial charge in [0.25, 0.3) is 0 Å². The van der Waals surface area contributed by atoms with E-state index in [1.165, 1.54) is 37.8 Å². The molecule has 0 amide bonds. The van der Waals surface area contributed by atoms with Gasteiger partial charge < -0.3 is 4.74 Å². The number of halogens is 2. The van der Waals surface area contributed by atoms with Crippen LogP contribution in [-0.2, 0) is 0 Å². The van der Waals surface area contributed by atoms with Crippen LogP contribution < -0.4 is 4.74 Å². The van der Waals surface area contributed by atoms with Crippen LogP contribution in [0, 0.1) is 11.6 Å². The minimum atomic E-state index is -0.808. The highest BCUT2D eigenvalue weighted by Gasteiger charge is 2.22. The Morgan fingerprint density at radius 2 is 1.57 bits per heavy atom. The van der Waals surface area contributed by atoms with Crippen LogP contribution in [0.5, 0.6) is 5.75 Å². The maximum absolute atomic E-state index is 13.7. The zero-order valence-corrected chi connectivity index (χ0v) is 13.8. The molecule has 2 nitrogen and oxygen atoms in total. The van der Waals surface area contributed by atoms with Gasteiger partial charge in [0.05, 0.1) is 0 Å². The van der Waals surface area contributed by atoms with E-state index in [-0.39, 0.29) is 0 Å². The molecule has 0 atom stereocenters. The predicted octanol–water partition coefficient (Wildman–Crippen LogP) is 4.88. The van der Waals surface area contributed by atoms with Crippen molar-refractivity contribution in [1.29, 1.82) is 0 Å². The van der Waals surface area contributed by atoms with E-state index in [4.69, 9.17) is 4.74 Å². The maximum atomic E-state index is 13.7. The molecule has 0 aromatic heterocycles. The van der Waals surface area contributed by atoms with Crippen LogP contribution in [0.2, 0.25) is 0 Å². The van der Waals surface area contributed by atoms with Crippen molar-refractivity contribution < 1.29 is 13.5 Å². The zero-order valence-electron chi connectivity index (χ0n) is 13.8. The summed E-state index contributed by atoms with van der Waals surface area (Å²) >= 11 is 0. The molecule has 23 heavy (non-hydrogen) atoms. The van der Waals surface area contributed by atoms with Crippen molar-refractivity contribution in [2.45, 2.75) is 57.3 Å². The minimum absolute atomic E-state index is 0.309. The molecule has 0 spiro atoms. The molecule has 1 heterocycles. The summed E-state index contributed by atoms with van der Waals surface area (Å²) in [6.07, 6.45) is 9.48. The molecule has 0 bridgehead atoms. The molecule has 2 fully saturated rings. The van der Waals surface area contributed by atoms with Crippen molar-refractivity contribution in [2.75, 3.05) is 26.2 Å². The van der Waals surface area contributed by atoms with Gasteiger partial charge in [-0.15, -0.1) is 0 Å². The summed E-state index contributed by atoms with van der Waals surface area (Å²) in [5.74, 6) is -0.705. The van der Waals surface area contributed by atoms with E-state index >= 15 is 0 Å².